The van der Waals surface area contributed by atoms with Gasteiger partial charge in [0.1, 0.15) is 0 Å². The van der Waals surface area contributed by atoms with E-state index in [1.807, 2.05) is 13.1 Å². The summed E-state index contributed by atoms with van der Waals surface area (Å²) in [5.41, 5.74) is 0.504. The van der Waals surface area contributed by atoms with Crippen LogP contribution in [0.15, 0.2) is 30.3 Å². The van der Waals surface area contributed by atoms with Crippen molar-refractivity contribution in [3.05, 3.63) is 30.3 Å². The van der Waals surface area contributed by atoms with Gasteiger partial charge in [-0.3, -0.25) is 0 Å². The maximum absolute atomic E-state index is 11.2. The lowest BCUT2D eigenvalue weighted by atomic mass is 10.3. The quantitative estimate of drug-likeness (QED) is 0.820. The molecule has 0 atom stereocenters. The summed E-state index contributed by atoms with van der Waals surface area (Å²) in [4.78, 5) is 18.8. The SMILES string of the molecule is CN1CCN(ON(C(=O)O)c2ccccc2)CC1. The molecule has 6 nitrogen and oxygen atoms in total. The maximum atomic E-state index is 11.2. The van der Waals surface area contributed by atoms with E-state index in [-0.39, 0.29) is 0 Å². The van der Waals surface area contributed by atoms with Crippen LogP contribution in [0.2, 0.25) is 0 Å². The van der Waals surface area contributed by atoms with Crippen molar-refractivity contribution in [1.82, 2.24) is 9.96 Å². The summed E-state index contributed by atoms with van der Waals surface area (Å²) < 4.78 is 0. The van der Waals surface area contributed by atoms with Gasteiger partial charge in [-0.05, 0) is 19.2 Å². The zero-order valence-electron chi connectivity index (χ0n) is 10.3. The fraction of sp³-hybridized carbons (Fsp3) is 0.417. The molecule has 1 fully saturated rings. The van der Waals surface area contributed by atoms with Crippen LogP contribution in [0.25, 0.3) is 0 Å². The van der Waals surface area contributed by atoms with Gasteiger partial charge in [-0.2, -0.15) is 10.0 Å². The number of hydrogen-bond acceptors (Lipinski definition) is 4. The third-order valence-electron chi connectivity index (χ3n) is 2.82. The number of carbonyl (C=O) groups is 1. The summed E-state index contributed by atoms with van der Waals surface area (Å²) in [5.74, 6) is 0. The van der Waals surface area contributed by atoms with Crippen molar-refractivity contribution in [2.24, 2.45) is 0 Å². The number of likely N-dealkylation sites (N-methyl/N-ethyl adjacent to an activating group) is 1. The van der Waals surface area contributed by atoms with E-state index in [4.69, 9.17) is 4.94 Å². The van der Waals surface area contributed by atoms with Crippen LogP contribution in [0, 0.1) is 0 Å². The Kier molecular flexibility index (Phi) is 4.14. The van der Waals surface area contributed by atoms with E-state index >= 15 is 0 Å². The van der Waals surface area contributed by atoms with E-state index in [0.29, 0.717) is 18.8 Å². The van der Waals surface area contributed by atoms with Crippen molar-refractivity contribution >= 4 is 11.8 Å². The highest BCUT2D eigenvalue weighted by Crippen LogP contribution is 2.15. The first kappa shape index (κ1) is 12.8. The smallest absolute Gasteiger partial charge is 0.437 e. The molecule has 18 heavy (non-hydrogen) atoms. The Morgan fingerprint density at radius 3 is 2.39 bits per heavy atom. The summed E-state index contributed by atoms with van der Waals surface area (Å²) >= 11 is 0. The molecule has 98 valence electrons. The molecule has 1 aromatic rings. The number of para-hydroxylation sites is 1. The fourth-order valence-electron chi connectivity index (χ4n) is 1.74. The first-order valence-electron chi connectivity index (χ1n) is 5.86. The average molecular weight is 251 g/mol. The molecule has 0 aliphatic carbocycles. The van der Waals surface area contributed by atoms with E-state index in [1.165, 1.54) is 0 Å². The first-order chi connectivity index (χ1) is 8.66. The van der Waals surface area contributed by atoms with Crippen LogP contribution >= 0.6 is 0 Å². The predicted molar refractivity (Wildman–Crippen MR) is 67.1 cm³/mol. The van der Waals surface area contributed by atoms with Crippen molar-refractivity contribution in [3.63, 3.8) is 0 Å². The van der Waals surface area contributed by atoms with Crippen LogP contribution in [0.1, 0.15) is 0 Å². The predicted octanol–water partition coefficient (Wildman–Crippen LogP) is 1.26. The Hall–Kier alpha value is -1.63. The zero-order chi connectivity index (χ0) is 13.0. The van der Waals surface area contributed by atoms with E-state index in [9.17, 15) is 9.90 Å². The number of benzene rings is 1. The summed E-state index contributed by atoms with van der Waals surface area (Å²) in [6, 6.07) is 8.78. The Balaban J connectivity index is 2.01. The molecule has 0 unspecified atom stereocenters. The van der Waals surface area contributed by atoms with Gasteiger partial charge in [0.05, 0.1) is 5.69 Å². The first-order valence-corrected chi connectivity index (χ1v) is 5.86. The summed E-state index contributed by atoms with van der Waals surface area (Å²) in [6.07, 6.45) is -1.12. The normalized spacial score (nSPS) is 17.6. The molecule has 1 saturated heterocycles. The fourth-order valence-corrected chi connectivity index (χ4v) is 1.74. The highest BCUT2D eigenvalue weighted by molar-refractivity contribution is 5.83. The summed E-state index contributed by atoms with van der Waals surface area (Å²) in [7, 11) is 2.03. The second-order valence-corrected chi connectivity index (χ2v) is 4.23. The zero-order valence-corrected chi connectivity index (χ0v) is 10.3. The lowest BCUT2D eigenvalue weighted by Crippen LogP contribution is -2.48. The number of hydroxylamine groups is 3. The molecule has 1 aromatic carbocycles. The van der Waals surface area contributed by atoms with Crippen molar-refractivity contribution in [2.75, 3.05) is 38.3 Å². The molecule has 1 heterocycles. The van der Waals surface area contributed by atoms with Crippen LogP contribution in [0.5, 0.6) is 0 Å². The van der Waals surface area contributed by atoms with Crippen molar-refractivity contribution < 1.29 is 14.8 Å². The minimum Gasteiger partial charge on any atom is -0.463 e. The molecule has 0 aromatic heterocycles. The van der Waals surface area contributed by atoms with Crippen LogP contribution in [0.4, 0.5) is 10.5 Å². The molecule has 0 radical (unpaired) electrons. The van der Waals surface area contributed by atoms with E-state index in [1.54, 1.807) is 29.3 Å². The van der Waals surface area contributed by atoms with Gasteiger partial charge in [-0.1, -0.05) is 18.2 Å². The number of anilines is 1. The molecule has 1 aliphatic rings. The topological polar surface area (TPSA) is 56.2 Å². The Labute approximate surface area is 106 Å². The summed E-state index contributed by atoms with van der Waals surface area (Å²) in [6.45, 7) is 3.10. The largest absolute Gasteiger partial charge is 0.463 e. The molecule has 1 amide bonds. The maximum Gasteiger partial charge on any atom is 0.437 e. The molecule has 1 N–H and O–H groups in total. The Morgan fingerprint density at radius 1 is 1.22 bits per heavy atom. The van der Waals surface area contributed by atoms with Gasteiger partial charge in [0, 0.05) is 26.2 Å². The number of nitrogens with zero attached hydrogens (tertiary/aromatic N) is 3. The molecule has 1 aliphatic heterocycles. The molecular formula is C12H17N3O3. The van der Waals surface area contributed by atoms with Crippen molar-refractivity contribution in [2.45, 2.75) is 0 Å². The van der Waals surface area contributed by atoms with Crippen molar-refractivity contribution in [3.8, 4) is 0 Å². The minimum atomic E-state index is -1.12. The van der Waals surface area contributed by atoms with E-state index in [2.05, 4.69) is 4.90 Å². The number of carboxylic acid groups (broad SMARTS) is 1. The number of rotatable bonds is 3. The van der Waals surface area contributed by atoms with E-state index < -0.39 is 6.09 Å². The number of amides is 1. The Bertz CT molecular complexity index is 391. The lowest BCUT2D eigenvalue weighted by molar-refractivity contribution is -0.179. The van der Waals surface area contributed by atoms with Gasteiger partial charge in [-0.25, -0.2) is 4.79 Å². The van der Waals surface area contributed by atoms with Gasteiger partial charge in [0.25, 0.3) is 0 Å². The molecule has 0 bridgehead atoms. The molecule has 6 heteroatoms. The average Bonchev–Trinajstić information content (AvgIpc) is 2.38. The third-order valence-corrected chi connectivity index (χ3v) is 2.82. The van der Waals surface area contributed by atoms with Gasteiger partial charge in [0.2, 0.25) is 0 Å². The van der Waals surface area contributed by atoms with Gasteiger partial charge in [-0.15, -0.1) is 5.06 Å². The number of piperazine rings is 1. The lowest BCUT2D eigenvalue weighted by Gasteiger charge is -2.33. The Morgan fingerprint density at radius 2 is 1.83 bits per heavy atom. The second kappa shape index (κ2) is 5.81. The number of hydrogen-bond donors (Lipinski definition) is 1. The van der Waals surface area contributed by atoms with Crippen LogP contribution < -0.4 is 5.06 Å². The van der Waals surface area contributed by atoms with Gasteiger partial charge < -0.3 is 10.0 Å². The molecular weight excluding hydrogens is 234 g/mol. The summed E-state index contributed by atoms with van der Waals surface area (Å²) in [5, 5.41) is 11.7. The molecule has 0 spiro atoms. The third kappa shape index (κ3) is 3.19. The second-order valence-electron chi connectivity index (χ2n) is 4.23. The monoisotopic (exact) mass is 251 g/mol. The van der Waals surface area contributed by atoms with Crippen LogP contribution in [-0.2, 0) is 4.94 Å². The standard InChI is InChI=1S/C12H17N3O3/c1-13-7-9-14(10-8-13)18-15(12(16)17)11-5-3-2-4-6-11/h2-6H,7-10H2,1H3,(H,16,17). The van der Waals surface area contributed by atoms with Crippen molar-refractivity contribution in [1.29, 1.82) is 0 Å². The van der Waals surface area contributed by atoms with Gasteiger partial charge >= 0.3 is 6.09 Å². The highest BCUT2D eigenvalue weighted by atomic mass is 16.9. The van der Waals surface area contributed by atoms with Crippen LogP contribution in [0.3, 0.4) is 0 Å². The van der Waals surface area contributed by atoms with Crippen LogP contribution in [-0.4, -0.2) is 54.4 Å². The van der Waals surface area contributed by atoms with E-state index in [0.717, 1.165) is 18.2 Å². The molecule has 2 rings (SSSR count). The minimum absolute atomic E-state index is 0.504. The van der Waals surface area contributed by atoms with Gasteiger partial charge in [0.15, 0.2) is 0 Å². The highest BCUT2D eigenvalue weighted by Gasteiger charge is 2.22. The molecule has 0 saturated carbocycles.